The van der Waals surface area contributed by atoms with Crippen molar-refractivity contribution in [2.75, 3.05) is 6.61 Å². The van der Waals surface area contributed by atoms with Crippen LogP contribution in [0.3, 0.4) is 0 Å². The van der Waals surface area contributed by atoms with Gasteiger partial charge in [-0.3, -0.25) is 0 Å². The lowest BCUT2D eigenvalue weighted by Gasteiger charge is -2.07. The third-order valence-electron chi connectivity index (χ3n) is 3.75. The number of hydrogen-bond donors (Lipinski definition) is 1. The number of aliphatic hydroxyl groups excluding tert-OH is 1. The molecule has 132 valence electrons. The Labute approximate surface area is 138 Å². The fourth-order valence-corrected chi connectivity index (χ4v) is 2.58. The molecule has 0 spiro atoms. The van der Waals surface area contributed by atoms with Gasteiger partial charge in [0.15, 0.2) is 0 Å². The molecule has 2 aromatic heterocycles. The van der Waals surface area contributed by atoms with Crippen LogP contribution in [0.25, 0.3) is 22.7 Å². The predicted octanol–water partition coefficient (Wildman–Crippen LogP) is 2.36. The number of fused-ring (bicyclic) bond motifs is 1. The average molecular weight is 355 g/mol. The summed E-state index contributed by atoms with van der Waals surface area (Å²) in [5, 5.41) is 20.2. The van der Waals surface area contributed by atoms with Gasteiger partial charge in [0.25, 0.3) is 5.82 Å². The maximum absolute atomic E-state index is 12.9. The molecule has 0 atom stereocenters. The third-order valence-corrected chi connectivity index (χ3v) is 3.75. The van der Waals surface area contributed by atoms with E-state index in [1.807, 2.05) is 0 Å². The van der Waals surface area contributed by atoms with E-state index >= 15 is 0 Å². The zero-order valence-electron chi connectivity index (χ0n) is 12.9. The van der Waals surface area contributed by atoms with E-state index in [0.717, 1.165) is 18.3 Å². The van der Waals surface area contributed by atoms with E-state index in [9.17, 15) is 28.4 Å². The van der Waals surface area contributed by atoms with E-state index in [4.69, 9.17) is 0 Å². The lowest BCUT2D eigenvalue weighted by atomic mass is 10.2. The highest BCUT2D eigenvalue weighted by molar-refractivity contribution is 5.80. The Morgan fingerprint density at radius 2 is 2.04 bits per heavy atom. The topological polar surface area (TPSA) is 99.0 Å². The van der Waals surface area contributed by atoms with Crippen LogP contribution in [0.1, 0.15) is 5.56 Å². The van der Waals surface area contributed by atoms with E-state index in [-0.39, 0.29) is 36.1 Å². The van der Waals surface area contributed by atoms with Gasteiger partial charge in [0.05, 0.1) is 30.3 Å². The summed E-state index contributed by atoms with van der Waals surface area (Å²) in [5.41, 5.74) is -0.433. The first kappa shape index (κ1) is 16.9. The Kier molecular flexibility index (Phi) is 3.95. The number of nitrogens with zero attached hydrogens (tertiary/aromatic N) is 5. The van der Waals surface area contributed by atoms with Gasteiger partial charge in [-0.2, -0.15) is 13.2 Å². The second-order valence-electron chi connectivity index (χ2n) is 5.27. The number of aromatic nitrogens is 4. The lowest BCUT2D eigenvalue weighted by molar-refractivity contribution is -0.391. The zero-order valence-corrected chi connectivity index (χ0v) is 12.9. The number of halogens is 3. The van der Waals surface area contributed by atoms with Crippen LogP contribution in [0, 0.1) is 10.1 Å². The highest BCUT2D eigenvalue weighted by atomic mass is 19.4. The second kappa shape index (κ2) is 5.84. The Balaban J connectivity index is 2.24. The molecule has 8 nitrogen and oxygen atoms in total. The van der Waals surface area contributed by atoms with Crippen LogP contribution < -0.4 is 0 Å². The smallest absolute Gasteiger partial charge is 0.395 e. The minimum absolute atomic E-state index is 0.0534. The van der Waals surface area contributed by atoms with Gasteiger partial charge in [-0.1, -0.05) is 0 Å². The van der Waals surface area contributed by atoms with Gasteiger partial charge in [0.2, 0.25) is 5.82 Å². The monoisotopic (exact) mass is 355 g/mol. The molecular weight excluding hydrogens is 343 g/mol. The number of aliphatic hydroxyl groups is 1. The summed E-state index contributed by atoms with van der Waals surface area (Å²) in [4.78, 5) is 18.4. The predicted molar refractivity (Wildman–Crippen MR) is 80.7 cm³/mol. The Morgan fingerprint density at radius 1 is 1.32 bits per heavy atom. The van der Waals surface area contributed by atoms with Crippen LogP contribution >= 0.6 is 0 Å². The minimum atomic E-state index is -4.52. The van der Waals surface area contributed by atoms with E-state index in [0.29, 0.717) is 5.52 Å². The van der Waals surface area contributed by atoms with Crippen molar-refractivity contribution >= 4 is 16.9 Å². The molecule has 0 unspecified atom stereocenters. The van der Waals surface area contributed by atoms with E-state index < -0.39 is 16.7 Å². The molecule has 0 fully saturated rings. The van der Waals surface area contributed by atoms with Gasteiger partial charge in [0.1, 0.15) is 6.20 Å². The molecule has 25 heavy (non-hydrogen) atoms. The van der Waals surface area contributed by atoms with Gasteiger partial charge < -0.3 is 19.8 Å². The number of rotatable bonds is 4. The molecule has 0 aliphatic rings. The van der Waals surface area contributed by atoms with Crippen molar-refractivity contribution in [3.63, 3.8) is 0 Å². The number of alkyl halides is 3. The summed E-state index contributed by atoms with van der Waals surface area (Å²) >= 11 is 0. The van der Waals surface area contributed by atoms with Crippen molar-refractivity contribution in [1.82, 2.24) is 19.1 Å². The number of benzene rings is 1. The Morgan fingerprint density at radius 3 is 2.60 bits per heavy atom. The minimum Gasteiger partial charge on any atom is -0.395 e. The van der Waals surface area contributed by atoms with E-state index in [1.54, 1.807) is 0 Å². The van der Waals surface area contributed by atoms with Crippen molar-refractivity contribution in [2.45, 2.75) is 12.7 Å². The molecule has 3 rings (SSSR count). The quantitative estimate of drug-likeness (QED) is 0.572. The molecule has 0 aliphatic carbocycles. The van der Waals surface area contributed by atoms with Gasteiger partial charge in [-0.25, -0.2) is 14.5 Å². The van der Waals surface area contributed by atoms with E-state index in [1.165, 1.54) is 22.2 Å². The van der Waals surface area contributed by atoms with Crippen LogP contribution in [0.5, 0.6) is 0 Å². The molecular formula is C14H12F3N5O3. The van der Waals surface area contributed by atoms with Gasteiger partial charge in [-0.15, -0.1) is 0 Å². The summed E-state index contributed by atoms with van der Waals surface area (Å²) in [6.07, 6.45) is -3.48. The number of imidazole rings is 2. The Hall–Kier alpha value is -2.95. The summed E-state index contributed by atoms with van der Waals surface area (Å²) < 4.78 is 41.3. The van der Waals surface area contributed by atoms with Gasteiger partial charge >= 0.3 is 12.0 Å². The summed E-state index contributed by atoms with van der Waals surface area (Å²) in [5.74, 6) is -0.0301. The highest BCUT2D eigenvalue weighted by Gasteiger charge is 2.31. The zero-order chi connectivity index (χ0) is 18.4. The van der Waals surface area contributed by atoms with Gasteiger partial charge in [0, 0.05) is 6.54 Å². The average Bonchev–Trinajstić information content (AvgIpc) is 3.07. The summed E-state index contributed by atoms with van der Waals surface area (Å²) in [6.45, 7) is -0.232. The standard InChI is InChI=1S/C14H12F3N5O3/c1-20-11(22(24)25)7-18-12(20)13-19-9-6-8(14(15,16)17)2-3-10(9)21(13)4-5-23/h2-3,6-7,23H,4-5H2,1H3. The van der Waals surface area contributed by atoms with Crippen LogP contribution in [0.2, 0.25) is 0 Å². The molecule has 0 saturated carbocycles. The molecule has 2 heterocycles. The number of nitro groups is 1. The van der Waals surface area contributed by atoms with Crippen molar-refractivity contribution in [3.05, 3.63) is 40.1 Å². The first-order valence-corrected chi connectivity index (χ1v) is 7.09. The van der Waals surface area contributed by atoms with Gasteiger partial charge in [-0.05, 0) is 23.1 Å². The molecule has 1 N–H and O–H groups in total. The molecule has 1 aromatic carbocycles. The largest absolute Gasteiger partial charge is 0.416 e. The number of hydrogen-bond acceptors (Lipinski definition) is 5. The SMILES string of the molecule is Cn1c([N+](=O)[O-])cnc1-c1nc2cc(C(F)(F)F)ccc2n1CCO. The van der Waals surface area contributed by atoms with Crippen molar-refractivity contribution in [3.8, 4) is 11.6 Å². The fraction of sp³-hybridized carbons (Fsp3) is 0.286. The molecule has 0 bridgehead atoms. The first-order chi connectivity index (χ1) is 11.7. The summed E-state index contributed by atoms with van der Waals surface area (Å²) in [6, 6.07) is 3.06. The second-order valence-corrected chi connectivity index (χ2v) is 5.27. The molecule has 0 aliphatic heterocycles. The normalized spacial score (nSPS) is 12.0. The van der Waals surface area contributed by atoms with Crippen molar-refractivity contribution in [1.29, 1.82) is 0 Å². The first-order valence-electron chi connectivity index (χ1n) is 7.09. The lowest BCUT2D eigenvalue weighted by Crippen LogP contribution is -2.08. The van der Waals surface area contributed by atoms with Crippen LogP contribution in [0.15, 0.2) is 24.4 Å². The maximum Gasteiger partial charge on any atom is 0.416 e. The molecule has 0 saturated heterocycles. The van der Waals surface area contributed by atoms with Crippen LogP contribution in [0.4, 0.5) is 19.0 Å². The highest BCUT2D eigenvalue weighted by Crippen LogP contribution is 2.33. The molecule has 3 aromatic rings. The third kappa shape index (κ3) is 2.82. The fourth-order valence-electron chi connectivity index (χ4n) is 2.58. The van der Waals surface area contributed by atoms with Crippen LogP contribution in [-0.2, 0) is 19.8 Å². The maximum atomic E-state index is 12.9. The molecule has 0 amide bonds. The molecule has 11 heteroatoms. The van der Waals surface area contributed by atoms with Crippen molar-refractivity contribution in [2.24, 2.45) is 7.05 Å². The van der Waals surface area contributed by atoms with Crippen LogP contribution in [-0.4, -0.2) is 35.7 Å². The van der Waals surface area contributed by atoms with E-state index in [2.05, 4.69) is 9.97 Å². The Bertz CT molecular complexity index is 961. The summed E-state index contributed by atoms with van der Waals surface area (Å²) in [7, 11) is 1.41. The molecule has 0 radical (unpaired) electrons. The van der Waals surface area contributed by atoms with Crippen molar-refractivity contribution < 1.29 is 23.2 Å².